The lowest BCUT2D eigenvalue weighted by Crippen LogP contribution is -2.32. The molecule has 1 aromatic rings. The second-order valence-electron chi connectivity index (χ2n) is 5.50. The average molecular weight is 281 g/mol. The molecule has 1 fully saturated rings. The molecule has 1 saturated heterocycles. The van der Waals surface area contributed by atoms with Crippen LogP contribution in [0.5, 0.6) is 0 Å². The Morgan fingerprint density at radius 1 is 1.21 bits per heavy atom. The molecule has 1 aliphatic heterocycles. The Bertz CT molecular complexity index is 493. The number of benzene rings is 1. The van der Waals surface area contributed by atoms with E-state index in [-0.39, 0.29) is 6.04 Å². The summed E-state index contributed by atoms with van der Waals surface area (Å²) in [5, 5.41) is 3.44. The standard InChI is InChI=1S/C15H23NO2S/c1-3-12(2)13-4-6-14(7-5-13)16-15-8-10-19(17,18)11-9-15/h4-7,12,15-16H,3,8-11H2,1-2H3. The van der Waals surface area contributed by atoms with E-state index >= 15 is 0 Å². The van der Waals surface area contributed by atoms with Gasteiger partial charge in [0.15, 0.2) is 0 Å². The van der Waals surface area contributed by atoms with E-state index in [1.165, 1.54) is 5.56 Å². The molecule has 3 nitrogen and oxygen atoms in total. The molecule has 0 amide bonds. The quantitative estimate of drug-likeness (QED) is 0.922. The van der Waals surface area contributed by atoms with Gasteiger partial charge in [0.05, 0.1) is 11.5 Å². The van der Waals surface area contributed by atoms with E-state index in [9.17, 15) is 8.42 Å². The molecule has 4 heteroatoms. The van der Waals surface area contributed by atoms with E-state index in [1.54, 1.807) is 0 Å². The molecule has 1 atom stereocenters. The van der Waals surface area contributed by atoms with Gasteiger partial charge in [-0.2, -0.15) is 0 Å². The third kappa shape index (κ3) is 3.96. The Kier molecular flexibility index (Phi) is 4.50. The van der Waals surface area contributed by atoms with Gasteiger partial charge in [-0.25, -0.2) is 8.42 Å². The van der Waals surface area contributed by atoms with Crippen LogP contribution >= 0.6 is 0 Å². The summed E-state index contributed by atoms with van der Waals surface area (Å²) in [6.07, 6.45) is 2.58. The Hall–Kier alpha value is -1.03. The second kappa shape index (κ2) is 5.95. The highest BCUT2D eigenvalue weighted by Gasteiger charge is 2.23. The van der Waals surface area contributed by atoms with E-state index in [1.807, 2.05) is 0 Å². The summed E-state index contributed by atoms with van der Waals surface area (Å²) in [6.45, 7) is 4.42. The lowest BCUT2D eigenvalue weighted by Gasteiger charge is -2.24. The van der Waals surface area contributed by atoms with Crippen molar-refractivity contribution in [3.63, 3.8) is 0 Å². The zero-order valence-corrected chi connectivity index (χ0v) is 12.5. The van der Waals surface area contributed by atoms with Crippen molar-refractivity contribution in [1.29, 1.82) is 0 Å². The van der Waals surface area contributed by atoms with Crippen molar-refractivity contribution in [2.75, 3.05) is 16.8 Å². The summed E-state index contributed by atoms with van der Waals surface area (Å²) in [5.41, 5.74) is 2.45. The van der Waals surface area contributed by atoms with Crippen LogP contribution in [0.4, 0.5) is 5.69 Å². The third-order valence-corrected chi connectivity index (χ3v) is 5.73. The average Bonchev–Trinajstić information content (AvgIpc) is 2.41. The Morgan fingerprint density at radius 2 is 1.79 bits per heavy atom. The summed E-state index contributed by atoms with van der Waals surface area (Å²) in [7, 11) is -2.77. The van der Waals surface area contributed by atoms with Gasteiger partial charge in [0.2, 0.25) is 0 Å². The maximum Gasteiger partial charge on any atom is 0.150 e. The van der Waals surface area contributed by atoms with Gasteiger partial charge in [-0.15, -0.1) is 0 Å². The molecule has 19 heavy (non-hydrogen) atoms. The molecule has 106 valence electrons. The zero-order valence-electron chi connectivity index (χ0n) is 11.7. The largest absolute Gasteiger partial charge is 0.382 e. The number of hydrogen-bond donors (Lipinski definition) is 1. The van der Waals surface area contributed by atoms with Crippen molar-refractivity contribution in [3.05, 3.63) is 29.8 Å². The van der Waals surface area contributed by atoms with Crippen LogP contribution in [0, 0.1) is 0 Å². The van der Waals surface area contributed by atoms with Crippen LogP contribution in [-0.4, -0.2) is 26.0 Å². The predicted octanol–water partition coefficient (Wildman–Crippen LogP) is 3.19. The summed E-state index contributed by atoms with van der Waals surface area (Å²) in [6, 6.07) is 8.82. The fraction of sp³-hybridized carbons (Fsp3) is 0.600. The van der Waals surface area contributed by atoms with Crippen LogP contribution < -0.4 is 5.32 Å². The first-order valence-electron chi connectivity index (χ1n) is 7.07. The summed E-state index contributed by atoms with van der Waals surface area (Å²) in [5.74, 6) is 1.22. The minimum absolute atomic E-state index is 0.290. The summed E-state index contributed by atoms with van der Waals surface area (Å²) < 4.78 is 22.7. The first kappa shape index (κ1) is 14.4. The molecule has 1 aromatic carbocycles. The van der Waals surface area contributed by atoms with E-state index in [0.717, 1.165) is 24.9 Å². The molecule has 1 unspecified atom stereocenters. The van der Waals surface area contributed by atoms with Gasteiger partial charge in [0, 0.05) is 11.7 Å². The SMILES string of the molecule is CCC(C)c1ccc(NC2CCS(=O)(=O)CC2)cc1. The molecular weight excluding hydrogens is 258 g/mol. The Balaban J connectivity index is 1.93. The van der Waals surface area contributed by atoms with Gasteiger partial charge >= 0.3 is 0 Å². The van der Waals surface area contributed by atoms with Gasteiger partial charge < -0.3 is 5.32 Å². The maximum absolute atomic E-state index is 11.4. The second-order valence-corrected chi connectivity index (χ2v) is 7.81. The molecule has 0 radical (unpaired) electrons. The third-order valence-electron chi connectivity index (χ3n) is 4.02. The molecule has 2 rings (SSSR count). The van der Waals surface area contributed by atoms with Crippen LogP contribution in [0.1, 0.15) is 44.6 Å². The smallest absolute Gasteiger partial charge is 0.150 e. The van der Waals surface area contributed by atoms with Gasteiger partial charge in [-0.3, -0.25) is 0 Å². The van der Waals surface area contributed by atoms with Crippen molar-refractivity contribution >= 4 is 15.5 Å². The molecule has 0 bridgehead atoms. The van der Waals surface area contributed by atoms with Crippen LogP contribution in [0.15, 0.2) is 24.3 Å². The van der Waals surface area contributed by atoms with Gasteiger partial charge in [-0.05, 0) is 42.9 Å². The van der Waals surface area contributed by atoms with E-state index < -0.39 is 9.84 Å². The highest BCUT2D eigenvalue weighted by molar-refractivity contribution is 7.91. The number of sulfone groups is 1. The maximum atomic E-state index is 11.4. The number of hydrogen-bond acceptors (Lipinski definition) is 3. The molecule has 0 spiro atoms. The predicted molar refractivity (Wildman–Crippen MR) is 80.4 cm³/mol. The summed E-state index contributed by atoms with van der Waals surface area (Å²) in [4.78, 5) is 0. The van der Waals surface area contributed by atoms with Gasteiger partial charge in [0.25, 0.3) is 0 Å². The zero-order chi connectivity index (χ0) is 13.9. The molecular formula is C15H23NO2S. The van der Waals surface area contributed by atoms with Crippen molar-refractivity contribution in [2.24, 2.45) is 0 Å². The number of nitrogens with one attached hydrogen (secondary N) is 1. The minimum Gasteiger partial charge on any atom is -0.382 e. The fourth-order valence-electron chi connectivity index (χ4n) is 2.41. The topological polar surface area (TPSA) is 46.2 Å². The van der Waals surface area contributed by atoms with E-state index in [0.29, 0.717) is 17.4 Å². The van der Waals surface area contributed by atoms with Crippen molar-refractivity contribution in [2.45, 2.75) is 45.1 Å². The first-order chi connectivity index (χ1) is 9.00. The number of anilines is 1. The van der Waals surface area contributed by atoms with Gasteiger partial charge in [-0.1, -0.05) is 26.0 Å². The van der Waals surface area contributed by atoms with E-state index in [2.05, 4.69) is 43.4 Å². The van der Waals surface area contributed by atoms with Gasteiger partial charge in [0.1, 0.15) is 9.84 Å². The van der Waals surface area contributed by atoms with Crippen molar-refractivity contribution in [3.8, 4) is 0 Å². The molecule has 1 heterocycles. The molecule has 0 aromatic heterocycles. The molecule has 1 N–H and O–H groups in total. The normalized spacial score (nSPS) is 20.9. The van der Waals surface area contributed by atoms with Crippen molar-refractivity contribution < 1.29 is 8.42 Å². The molecule has 1 aliphatic rings. The molecule has 0 saturated carbocycles. The summed E-state index contributed by atoms with van der Waals surface area (Å²) >= 11 is 0. The lowest BCUT2D eigenvalue weighted by atomic mass is 9.98. The Labute approximate surface area is 116 Å². The van der Waals surface area contributed by atoms with Crippen LogP contribution in [0.2, 0.25) is 0 Å². The lowest BCUT2D eigenvalue weighted by molar-refractivity contribution is 0.559. The minimum atomic E-state index is -2.77. The fourth-order valence-corrected chi connectivity index (χ4v) is 3.91. The van der Waals surface area contributed by atoms with Crippen LogP contribution in [0.3, 0.4) is 0 Å². The highest BCUT2D eigenvalue weighted by Crippen LogP contribution is 2.22. The highest BCUT2D eigenvalue weighted by atomic mass is 32.2. The van der Waals surface area contributed by atoms with Crippen LogP contribution in [-0.2, 0) is 9.84 Å². The van der Waals surface area contributed by atoms with Crippen LogP contribution in [0.25, 0.3) is 0 Å². The van der Waals surface area contributed by atoms with Crippen molar-refractivity contribution in [1.82, 2.24) is 0 Å². The number of rotatable bonds is 4. The Morgan fingerprint density at radius 3 is 2.32 bits per heavy atom. The first-order valence-corrected chi connectivity index (χ1v) is 8.89. The molecule has 0 aliphatic carbocycles. The van der Waals surface area contributed by atoms with E-state index in [4.69, 9.17) is 0 Å². The monoisotopic (exact) mass is 281 g/mol.